The van der Waals surface area contributed by atoms with E-state index in [4.69, 9.17) is 9.97 Å². The van der Waals surface area contributed by atoms with Crippen molar-refractivity contribution in [1.82, 2.24) is 19.7 Å². The number of thiophene rings is 1. The molecule has 0 aromatic carbocycles. The van der Waals surface area contributed by atoms with E-state index in [-0.39, 0.29) is 5.41 Å². The minimum Gasteiger partial charge on any atom is -0.354 e. The van der Waals surface area contributed by atoms with Gasteiger partial charge in [0.05, 0.1) is 18.1 Å². The molecule has 0 fully saturated rings. The van der Waals surface area contributed by atoms with E-state index in [1.165, 1.54) is 4.88 Å². The summed E-state index contributed by atoms with van der Waals surface area (Å²) in [6.07, 6.45) is 1.85. The van der Waals surface area contributed by atoms with Gasteiger partial charge >= 0.3 is 0 Å². The SMILES string of the molecule is CN(Cc1cccs1)c1nc(C(C)(C)C)nc2c1cnn2C. The average molecular weight is 315 g/mol. The van der Waals surface area contributed by atoms with Crippen LogP contribution in [0.1, 0.15) is 31.5 Å². The predicted octanol–water partition coefficient (Wildman–Crippen LogP) is 3.36. The summed E-state index contributed by atoms with van der Waals surface area (Å²) in [5.41, 5.74) is 0.782. The zero-order valence-corrected chi connectivity index (χ0v) is 14.5. The fourth-order valence-electron chi connectivity index (χ4n) is 2.34. The molecule has 0 amide bonds. The summed E-state index contributed by atoms with van der Waals surface area (Å²) in [6, 6.07) is 4.22. The molecule has 0 atom stereocenters. The highest BCUT2D eigenvalue weighted by Crippen LogP contribution is 2.28. The van der Waals surface area contributed by atoms with E-state index in [1.54, 1.807) is 11.3 Å². The second kappa shape index (κ2) is 5.35. The summed E-state index contributed by atoms with van der Waals surface area (Å²) < 4.78 is 1.81. The largest absolute Gasteiger partial charge is 0.354 e. The molecule has 0 radical (unpaired) electrons. The molecule has 0 aliphatic carbocycles. The van der Waals surface area contributed by atoms with Crippen LogP contribution in [-0.4, -0.2) is 26.8 Å². The number of fused-ring (bicyclic) bond motifs is 1. The first-order valence-corrected chi connectivity index (χ1v) is 8.18. The van der Waals surface area contributed by atoms with E-state index in [2.05, 4.69) is 55.3 Å². The molecule has 0 bridgehead atoms. The first-order chi connectivity index (χ1) is 10.4. The number of nitrogens with zero attached hydrogens (tertiary/aromatic N) is 5. The summed E-state index contributed by atoms with van der Waals surface area (Å²) in [6.45, 7) is 7.23. The predicted molar refractivity (Wildman–Crippen MR) is 91.4 cm³/mol. The Hall–Kier alpha value is -1.95. The lowest BCUT2D eigenvalue weighted by Crippen LogP contribution is -2.22. The number of hydrogen-bond acceptors (Lipinski definition) is 5. The lowest BCUT2D eigenvalue weighted by molar-refractivity contribution is 0.546. The first kappa shape index (κ1) is 15.0. The summed E-state index contributed by atoms with van der Waals surface area (Å²) in [5, 5.41) is 7.44. The van der Waals surface area contributed by atoms with Gasteiger partial charge < -0.3 is 4.90 Å². The maximum atomic E-state index is 4.83. The standard InChI is InChI=1S/C16H21N5S/c1-16(2,3)15-18-13(12-9-17-21(5)14(12)19-15)20(4)10-11-7-6-8-22-11/h6-9H,10H2,1-5H3. The molecule has 0 aliphatic heterocycles. The molecule has 0 N–H and O–H groups in total. The lowest BCUT2D eigenvalue weighted by Gasteiger charge is -2.22. The third-order valence-corrected chi connectivity index (χ3v) is 4.44. The summed E-state index contributed by atoms with van der Waals surface area (Å²) in [5.74, 6) is 1.79. The van der Waals surface area contributed by atoms with Gasteiger partial charge in [0.2, 0.25) is 0 Å². The van der Waals surface area contributed by atoms with Crippen LogP contribution < -0.4 is 4.90 Å². The zero-order valence-electron chi connectivity index (χ0n) is 13.7. The molecule has 0 saturated carbocycles. The maximum Gasteiger partial charge on any atom is 0.163 e. The zero-order chi connectivity index (χ0) is 15.9. The number of aromatic nitrogens is 4. The van der Waals surface area contributed by atoms with Crippen LogP contribution in [0.5, 0.6) is 0 Å². The highest BCUT2D eigenvalue weighted by molar-refractivity contribution is 7.09. The minimum absolute atomic E-state index is 0.100. The molecule has 3 heterocycles. The Bertz CT molecular complexity index is 783. The van der Waals surface area contributed by atoms with Gasteiger partial charge in [-0.05, 0) is 11.4 Å². The Labute approximate surface area is 134 Å². The molecular formula is C16H21N5S. The van der Waals surface area contributed by atoms with Crippen molar-refractivity contribution in [2.24, 2.45) is 7.05 Å². The van der Waals surface area contributed by atoms with Crippen LogP contribution in [0.25, 0.3) is 11.0 Å². The van der Waals surface area contributed by atoms with Crippen molar-refractivity contribution in [1.29, 1.82) is 0 Å². The molecule has 5 nitrogen and oxygen atoms in total. The van der Waals surface area contributed by atoms with Gasteiger partial charge in [0.15, 0.2) is 5.65 Å². The maximum absolute atomic E-state index is 4.83. The van der Waals surface area contributed by atoms with E-state index >= 15 is 0 Å². The van der Waals surface area contributed by atoms with Crippen LogP contribution in [-0.2, 0) is 19.0 Å². The number of anilines is 1. The summed E-state index contributed by atoms with van der Waals surface area (Å²) in [7, 11) is 3.99. The van der Waals surface area contributed by atoms with Crippen molar-refractivity contribution >= 4 is 28.2 Å². The van der Waals surface area contributed by atoms with Crippen LogP contribution in [0.4, 0.5) is 5.82 Å². The van der Waals surface area contributed by atoms with E-state index in [1.807, 2.05) is 17.9 Å². The molecule has 6 heteroatoms. The second-order valence-electron chi connectivity index (χ2n) is 6.56. The van der Waals surface area contributed by atoms with Gasteiger partial charge in [0.1, 0.15) is 11.6 Å². The highest BCUT2D eigenvalue weighted by Gasteiger charge is 2.22. The van der Waals surface area contributed by atoms with Crippen LogP contribution >= 0.6 is 11.3 Å². The molecule has 3 rings (SSSR count). The van der Waals surface area contributed by atoms with E-state index < -0.39 is 0 Å². The lowest BCUT2D eigenvalue weighted by atomic mass is 9.95. The fourth-order valence-corrected chi connectivity index (χ4v) is 3.10. The minimum atomic E-state index is -0.100. The third-order valence-electron chi connectivity index (χ3n) is 3.58. The Balaban J connectivity index is 2.10. The van der Waals surface area contributed by atoms with Gasteiger partial charge in [-0.25, -0.2) is 9.97 Å². The summed E-state index contributed by atoms with van der Waals surface area (Å²) >= 11 is 1.76. The van der Waals surface area contributed by atoms with Gasteiger partial charge in [0, 0.05) is 24.4 Å². The fraction of sp³-hybridized carbons (Fsp3) is 0.438. The molecule has 116 valence electrons. The molecule has 0 spiro atoms. The highest BCUT2D eigenvalue weighted by atomic mass is 32.1. The summed E-state index contributed by atoms with van der Waals surface area (Å²) in [4.78, 5) is 13.0. The van der Waals surface area contributed by atoms with Crippen molar-refractivity contribution in [3.8, 4) is 0 Å². The van der Waals surface area contributed by atoms with Crippen molar-refractivity contribution in [2.75, 3.05) is 11.9 Å². The Morgan fingerprint density at radius 1 is 1.27 bits per heavy atom. The van der Waals surface area contributed by atoms with Crippen molar-refractivity contribution in [2.45, 2.75) is 32.7 Å². The van der Waals surface area contributed by atoms with Gasteiger partial charge in [-0.15, -0.1) is 11.3 Å². The number of hydrogen-bond donors (Lipinski definition) is 0. The first-order valence-electron chi connectivity index (χ1n) is 7.30. The molecule has 22 heavy (non-hydrogen) atoms. The molecule has 0 unspecified atom stereocenters. The third kappa shape index (κ3) is 2.70. The van der Waals surface area contributed by atoms with E-state index in [9.17, 15) is 0 Å². The number of aryl methyl sites for hydroxylation is 1. The molecule has 0 saturated heterocycles. The molecule has 0 aliphatic rings. The Kier molecular flexibility index (Phi) is 3.64. The van der Waals surface area contributed by atoms with Crippen LogP contribution in [0.15, 0.2) is 23.7 Å². The monoisotopic (exact) mass is 315 g/mol. The number of rotatable bonds is 3. The van der Waals surface area contributed by atoms with Gasteiger partial charge in [-0.3, -0.25) is 4.68 Å². The molecular weight excluding hydrogens is 294 g/mol. The van der Waals surface area contributed by atoms with Gasteiger partial charge in [-0.1, -0.05) is 26.8 Å². The average Bonchev–Trinajstić information content (AvgIpc) is 3.07. The van der Waals surface area contributed by atoms with Crippen molar-refractivity contribution in [3.63, 3.8) is 0 Å². The van der Waals surface area contributed by atoms with Crippen molar-refractivity contribution in [3.05, 3.63) is 34.4 Å². The second-order valence-corrected chi connectivity index (χ2v) is 7.59. The van der Waals surface area contributed by atoms with Crippen molar-refractivity contribution < 1.29 is 0 Å². The van der Waals surface area contributed by atoms with Gasteiger partial charge in [-0.2, -0.15) is 5.10 Å². The Morgan fingerprint density at radius 2 is 2.05 bits per heavy atom. The molecule has 3 aromatic heterocycles. The topological polar surface area (TPSA) is 46.8 Å². The van der Waals surface area contributed by atoms with E-state index in [0.717, 1.165) is 29.2 Å². The van der Waals surface area contributed by atoms with E-state index in [0.29, 0.717) is 0 Å². The smallest absolute Gasteiger partial charge is 0.163 e. The van der Waals surface area contributed by atoms with Crippen LogP contribution in [0.3, 0.4) is 0 Å². The Morgan fingerprint density at radius 3 is 2.68 bits per heavy atom. The van der Waals surface area contributed by atoms with Crippen LogP contribution in [0.2, 0.25) is 0 Å². The van der Waals surface area contributed by atoms with Crippen LogP contribution in [0, 0.1) is 0 Å². The molecule has 3 aromatic rings. The van der Waals surface area contributed by atoms with Gasteiger partial charge in [0.25, 0.3) is 0 Å². The quantitative estimate of drug-likeness (QED) is 0.743. The normalized spacial score (nSPS) is 12.0.